The summed E-state index contributed by atoms with van der Waals surface area (Å²) < 4.78 is 10.4. The van der Waals surface area contributed by atoms with Crippen LogP contribution in [0.1, 0.15) is 38.2 Å². The molecule has 2 aromatic rings. The van der Waals surface area contributed by atoms with Crippen LogP contribution in [0.3, 0.4) is 0 Å². The van der Waals surface area contributed by atoms with Crippen LogP contribution in [0.4, 0.5) is 0 Å². The molecule has 5 nitrogen and oxygen atoms in total. The Morgan fingerprint density at radius 3 is 2.71 bits per heavy atom. The van der Waals surface area contributed by atoms with E-state index in [1.54, 1.807) is 13.2 Å². The number of hydrogen-bond donors (Lipinski definition) is 0. The summed E-state index contributed by atoms with van der Waals surface area (Å²) >= 11 is 0. The molecular weight excluding hydrogens is 306 g/mol. The molecule has 1 heterocycles. The van der Waals surface area contributed by atoms with E-state index in [0.717, 1.165) is 18.2 Å². The summed E-state index contributed by atoms with van der Waals surface area (Å²) in [6.07, 6.45) is 4.75. The van der Waals surface area contributed by atoms with E-state index < -0.39 is 5.63 Å². The molecule has 1 fully saturated rings. The van der Waals surface area contributed by atoms with Crippen molar-refractivity contribution in [1.29, 1.82) is 0 Å². The van der Waals surface area contributed by atoms with E-state index in [1.165, 1.54) is 18.9 Å². The van der Waals surface area contributed by atoms with Crippen LogP contribution in [0.2, 0.25) is 0 Å². The Morgan fingerprint density at radius 1 is 1.29 bits per heavy atom. The van der Waals surface area contributed by atoms with Crippen molar-refractivity contribution in [2.24, 2.45) is 0 Å². The van der Waals surface area contributed by atoms with Crippen LogP contribution in [0.15, 0.2) is 33.5 Å². The van der Waals surface area contributed by atoms with Crippen LogP contribution in [0, 0.1) is 0 Å². The second kappa shape index (κ2) is 7.07. The molecule has 0 spiro atoms. The highest BCUT2D eigenvalue weighted by atomic mass is 16.5. The monoisotopic (exact) mass is 329 g/mol. The largest absolute Gasteiger partial charge is 0.497 e. The first-order chi connectivity index (χ1) is 11.6. The van der Waals surface area contributed by atoms with Gasteiger partial charge in [-0.1, -0.05) is 12.8 Å². The second-order valence-electron chi connectivity index (χ2n) is 6.25. The molecule has 0 radical (unpaired) electrons. The van der Waals surface area contributed by atoms with Gasteiger partial charge in [0.1, 0.15) is 11.3 Å². The first-order valence-corrected chi connectivity index (χ1v) is 8.52. The van der Waals surface area contributed by atoms with Gasteiger partial charge in [0.2, 0.25) is 5.91 Å². The zero-order valence-corrected chi connectivity index (χ0v) is 14.2. The molecule has 1 aromatic carbocycles. The molecule has 0 atom stereocenters. The van der Waals surface area contributed by atoms with Crippen molar-refractivity contribution in [3.63, 3.8) is 0 Å². The first-order valence-electron chi connectivity index (χ1n) is 8.52. The standard InChI is InChI=1S/C19H23NO4/c1-3-20(14-6-4-5-7-14)18(21)10-13-11-19(22)24-17-12-15(23-2)8-9-16(13)17/h8-9,11-12,14H,3-7,10H2,1-2H3. The summed E-state index contributed by atoms with van der Waals surface area (Å²) in [5, 5.41) is 0.784. The van der Waals surface area contributed by atoms with E-state index in [-0.39, 0.29) is 12.3 Å². The fourth-order valence-corrected chi connectivity index (χ4v) is 3.60. The number of methoxy groups -OCH3 is 1. The number of fused-ring (bicyclic) bond motifs is 1. The second-order valence-corrected chi connectivity index (χ2v) is 6.25. The topological polar surface area (TPSA) is 59.8 Å². The van der Waals surface area contributed by atoms with E-state index in [1.807, 2.05) is 24.0 Å². The molecule has 5 heteroatoms. The summed E-state index contributed by atoms with van der Waals surface area (Å²) in [5.41, 5.74) is 0.724. The number of rotatable bonds is 5. The van der Waals surface area contributed by atoms with Crippen LogP contribution in [-0.2, 0) is 11.2 Å². The van der Waals surface area contributed by atoms with E-state index >= 15 is 0 Å². The molecule has 3 rings (SSSR count). The van der Waals surface area contributed by atoms with E-state index in [4.69, 9.17) is 9.15 Å². The molecule has 1 saturated carbocycles. The average molecular weight is 329 g/mol. The molecule has 1 aromatic heterocycles. The summed E-state index contributed by atoms with van der Waals surface area (Å²) in [5.74, 6) is 0.697. The smallest absolute Gasteiger partial charge is 0.336 e. The zero-order valence-electron chi connectivity index (χ0n) is 14.2. The van der Waals surface area contributed by atoms with Crippen molar-refractivity contribution in [2.45, 2.75) is 45.1 Å². The van der Waals surface area contributed by atoms with Crippen molar-refractivity contribution in [3.05, 3.63) is 40.2 Å². The highest BCUT2D eigenvalue weighted by molar-refractivity contribution is 5.87. The quantitative estimate of drug-likeness (QED) is 0.791. The molecule has 1 aliphatic carbocycles. The van der Waals surface area contributed by atoms with Crippen molar-refractivity contribution in [2.75, 3.05) is 13.7 Å². The molecule has 128 valence electrons. The third-order valence-electron chi connectivity index (χ3n) is 4.81. The highest BCUT2D eigenvalue weighted by Crippen LogP contribution is 2.26. The predicted octanol–water partition coefficient (Wildman–Crippen LogP) is 3.14. The maximum absolute atomic E-state index is 12.8. The molecule has 0 N–H and O–H groups in total. The van der Waals surface area contributed by atoms with Gasteiger partial charge < -0.3 is 14.1 Å². The lowest BCUT2D eigenvalue weighted by Gasteiger charge is -2.28. The minimum absolute atomic E-state index is 0.0760. The minimum Gasteiger partial charge on any atom is -0.497 e. The number of amides is 1. The van der Waals surface area contributed by atoms with Gasteiger partial charge in [0.05, 0.1) is 13.5 Å². The van der Waals surface area contributed by atoms with Gasteiger partial charge in [-0.2, -0.15) is 0 Å². The number of nitrogens with zero attached hydrogens (tertiary/aromatic N) is 1. The number of carbonyl (C=O) groups is 1. The fourth-order valence-electron chi connectivity index (χ4n) is 3.60. The SMILES string of the molecule is CCN(C(=O)Cc1cc(=O)oc2cc(OC)ccc12)C1CCCC1. The summed E-state index contributed by atoms with van der Waals surface area (Å²) in [7, 11) is 1.56. The molecule has 0 saturated heterocycles. The Morgan fingerprint density at radius 2 is 2.04 bits per heavy atom. The van der Waals surface area contributed by atoms with Crippen LogP contribution < -0.4 is 10.4 Å². The molecule has 0 bridgehead atoms. The van der Waals surface area contributed by atoms with Crippen LogP contribution in [-0.4, -0.2) is 30.5 Å². The molecule has 1 amide bonds. The Kier molecular flexibility index (Phi) is 4.88. The number of likely N-dealkylation sites (N-methyl/N-ethyl adjacent to an activating group) is 1. The third kappa shape index (κ3) is 3.30. The molecule has 24 heavy (non-hydrogen) atoms. The van der Waals surface area contributed by atoms with E-state index in [2.05, 4.69) is 0 Å². The van der Waals surface area contributed by atoms with Gasteiger partial charge in [-0.3, -0.25) is 4.79 Å². The van der Waals surface area contributed by atoms with Crippen LogP contribution >= 0.6 is 0 Å². The van der Waals surface area contributed by atoms with Crippen molar-refractivity contribution < 1.29 is 13.9 Å². The van der Waals surface area contributed by atoms with Crippen LogP contribution in [0.25, 0.3) is 11.0 Å². The normalized spacial score (nSPS) is 14.9. The van der Waals surface area contributed by atoms with Gasteiger partial charge in [0.25, 0.3) is 0 Å². The highest BCUT2D eigenvalue weighted by Gasteiger charge is 2.25. The number of benzene rings is 1. The lowest BCUT2D eigenvalue weighted by Crippen LogP contribution is -2.39. The third-order valence-corrected chi connectivity index (χ3v) is 4.81. The van der Waals surface area contributed by atoms with Crippen molar-refractivity contribution in [1.82, 2.24) is 4.90 Å². The number of ether oxygens (including phenoxy) is 1. The van der Waals surface area contributed by atoms with Gasteiger partial charge in [-0.05, 0) is 37.5 Å². The number of hydrogen-bond acceptors (Lipinski definition) is 4. The van der Waals surface area contributed by atoms with Gasteiger partial charge in [0, 0.05) is 30.1 Å². The Balaban J connectivity index is 1.91. The van der Waals surface area contributed by atoms with E-state index in [0.29, 0.717) is 29.5 Å². The summed E-state index contributed by atoms with van der Waals surface area (Å²) in [6.45, 7) is 2.72. The maximum atomic E-state index is 12.8. The van der Waals surface area contributed by atoms with Crippen LogP contribution in [0.5, 0.6) is 5.75 Å². The van der Waals surface area contributed by atoms with Gasteiger partial charge in [-0.25, -0.2) is 4.79 Å². The Bertz CT molecular complexity index is 790. The van der Waals surface area contributed by atoms with Crippen molar-refractivity contribution >= 4 is 16.9 Å². The summed E-state index contributed by atoms with van der Waals surface area (Å²) in [6, 6.07) is 7.10. The lowest BCUT2D eigenvalue weighted by molar-refractivity contribution is -0.132. The van der Waals surface area contributed by atoms with Gasteiger partial charge in [-0.15, -0.1) is 0 Å². The lowest BCUT2D eigenvalue weighted by atomic mass is 10.1. The van der Waals surface area contributed by atoms with Gasteiger partial charge >= 0.3 is 5.63 Å². The molecule has 0 aliphatic heterocycles. The molecule has 1 aliphatic rings. The van der Waals surface area contributed by atoms with E-state index in [9.17, 15) is 9.59 Å². The molecule has 0 unspecified atom stereocenters. The number of carbonyl (C=O) groups excluding carboxylic acids is 1. The summed E-state index contributed by atoms with van der Waals surface area (Å²) in [4.78, 5) is 26.6. The molecular formula is C19H23NO4. The zero-order chi connectivity index (χ0) is 17.1. The van der Waals surface area contributed by atoms with Gasteiger partial charge in [0.15, 0.2) is 0 Å². The fraction of sp³-hybridized carbons (Fsp3) is 0.474. The van der Waals surface area contributed by atoms with Crippen molar-refractivity contribution in [3.8, 4) is 5.75 Å². The Hall–Kier alpha value is -2.30. The first kappa shape index (κ1) is 16.6. The predicted molar refractivity (Wildman–Crippen MR) is 92.4 cm³/mol. The minimum atomic E-state index is -0.442. The Labute approximate surface area is 141 Å². The average Bonchev–Trinajstić information content (AvgIpc) is 3.08. The maximum Gasteiger partial charge on any atom is 0.336 e.